The zero-order chi connectivity index (χ0) is 14.9. The van der Waals surface area contributed by atoms with Gasteiger partial charge in [-0.05, 0) is 31.5 Å². The van der Waals surface area contributed by atoms with Crippen molar-refractivity contribution in [2.24, 2.45) is 0 Å². The summed E-state index contributed by atoms with van der Waals surface area (Å²) in [6.45, 7) is 3.29. The van der Waals surface area contributed by atoms with Crippen LogP contribution in [0.15, 0.2) is 28.5 Å². The third-order valence-electron chi connectivity index (χ3n) is 2.67. The van der Waals surface area contributed by atoms with Crippen molar-refractivity contribution in [3.05, 3.63) is 40.0 Å². The highest BCUT2D eigenvalue weighted by Crippen LogP contribution is 2.28. The van der Waals surface area contributed by atoms with E-state index in [-0.39, 0.29) is 14.4 Å². The Labute approximate surface area is 126 Å². The van der Waals surface area contributed by atoms with E-state index in [0.717, 1.165) is 11.3 Å². The van der Waals surface area contributed by atoms with Crippen LogP contribution in [0.3, 0.4) is 0 Å². The SMILES string of the molecule is Cc1nc(Cl)sc1S(=O)(=O)NC(C)c1cccc(O)c1. The van der Waals surface area contributed by atoms with Crippen molar-refractivity contribution < 1.29 is 13.5 Å². The van der Waals surface area contributed by atoms with Crippen LogP contribution in [0.25, 0.3) is 0 Å². The number of aryl methyl sites for hydroxylation is 1. The fraction of sp³-hybridized carbons (Fsp3) is 0.250. The van der Waals surface area contributed by atoms with Gasteiger partial charge in [-0.3, -0.25) is 0 Å². The third kappa shape index (κ3) is 3.29. The number of aromatic hydroxyl groups is 1. The summed E-state index contributed by atoms with van der Waals surface area (Å²) in [4.78, 5) is 3.90. The van der Waals surface area contributed by atoms with E-state index in [1.165, 1.54) is 12.1 Å². The first-order valence-corrected chi connectivity index (χ1v) is 8.41. The van der Waals surface area contributed by atoms with E-state index in [2.05, 4.69) is 9.71 Å². The molecule has 0 aliphatic carbocycles. The normalized spacial score (nSPS) is 13.3. The molecule has 8 heteroatoms. The molecule has 1 heterocycles. The van der Waals surface area contributed by atoms with Gasteiger partial charge in [-0.1, -0.05) is 35.1 Å². The van der Waals surface area contributed by atoms with Crippen molar-refractivity contribution in [2.45, 2.75) is 24.1 Å². The maximum absolute atomic E-state index is 12.3. The minimum Gasteiger partial charge on any atom is -0.508 e. The number of halogens is 1. The molecule has 0 spiro atoms. The maximum Gasteiger partial charge on any atom is 0.252 e. The second kappa shape index (κ2) is 5.69. The minimum atomic E-state index is -3.69. The zero-order valence-electron chi connectivity index (χ0n) is 10.8. The Bertz CT molecular complexity index is 728. The lowest BCUT2D eigenvalue weighted by atomic mass is 10.1. The molecular formula is C12H13ClN2O3S2. The molecule has 0 saturated carbocycles. The smallest absolute Gasteiger partial charge is 0.252 e. The second-order valence-electron chi connectivity index (χ2n) is 4.28. The molecule has 1 aromatic heterocycles. The van der Waals surface area contributed by atoms with Gasteiger partial charge in [-0.15, -0.1) is 0 Å². The molecule has 1 atom stereocenters. The van der Waals surface area contributed by atoms with Gasteiger partial charge in [-0.2, -0.15) is 0 Å². The summed E-state index contributed by atoms with van der Waals surface area (Å²) in [5.41, 5.74) is 1.04. The summed E-state index contributed by atoms with van der Waals surface area (Å²) < 4.78 is 27.4. The number of hydrogen-bond donors (Lipinski definition) is 2. The number of nitrogens with zero attached hydrogens (tertiary/aromatic N) is 1. The average molecular weight is 333 g/mol. The van der Waals surface area contributed by atoms with Crippen LogP contribution in [0, 0.1) is 6.92 Å². The van der Waals surface area contributed by atoms with Crippen molar-refractivity contribution in [1.29, 1.82) is 0 Å². The van der Waals surface area contributed by atoms with Crippen LogP contribution in [-0.2, 0) is 10.0 Å². The average Bonchev–Trinajstić information content (AvgIpc) is 2.69. The molecule has 1 aromatic carbocycles. The van der Waals surface area contributed by atoms with Crippen LogP contribution >= 0.6 is 22.9 Å². The molecule has 0 fully saturated rings. The number of aromatic nitrogens is 1. The van der Waals surface area contributed by atoms with E-state index in [1.54, 1.807) is 26.0 Å². The Morgan fingerprint density at radius 2 is 2.15 bits per heavy atom. The van der Waals surface area contributed by atoms with Gasteiger partial charge in [0, 0.05) is 6.04 Å². The molecule has 0 aliphatic rings. The van der Waals surface area contributed by atoms with Crippen LogP contribution in [-0.4, -0.2) is 18.5 Å². The number of benzene rings is 1. The number of nitrogens with one attached hydrogen (secondary N) is 1. The zero-order valence-corrected chi connectivity index (χ0v) is 13.2. The van der Waals surface area contributed by atoms with Gasteiger partial charge >= 0.3 is 0 Å². The quantitative estimate of drug-likeness (QED) is 0.902. The predicted molar refractivity (Wildman–Crippen MR) is 78.7 cm³/mol. The van der Waals surface area contributed by atoms with E-state index in [1.807, 2.05) is 0 Å². The first-order valence-electron chi connectivity index (χ1n) is 5.74. The monoisotopic (exact) mass is 332 g/mol. The van der Waals surface area contributed by atoms with E-state index in [4.69, 9.17) is 11.6 Å². The lowest BCUT2D eigenvalue weighted by Crippen LogP contribution is -2.26. The lowest BCUT2D eigenvalue weighted by molar-refractivity contribution is 0.473. The maximum atomic E-state index is 12.3. The highest BCUT2D eigenvalue weighted by atomic mass is 35.5. The Morgan fingerprint density at radius 3 is 2.70 bits per heavy atom. The fourth-order valence-corrected chi connectivity index (χ4v) is 4.74. The molecule has 108 valence electrons. The number of hydrogen-bond acceptors (Lipinski definition) is 5. The van der Waals surface area contributed by atoms with Crippen molar-refractivity contribution in [2.75, 3.05) is 0 Å². The second-order valence-corrected chi connectivity index (χ2v) is 7.77. The Hall–Kier alpha value is -1.15. The topological polar surface area (TPSA) is 79.3 Å². The van der Waals surface area contributed by atoms with E-state index < -0.39 is 16.1 Å². The third-order valence-corrected chi connectivity index (χ3v) is 6.09. The van der Waals surface area contributed by atoms with E-state index >= 15 is 0 Å². The van der Waals surface area contributed by atoms with Gasteiger partial charge in [0.1, 0.15) is 5.75 Å². The first kappa shape index (κ1) is 15.2. The van der Waals surface area contributed by atoms with Crippen molar-refractivity contribution in [3.63, 3.8) is 0 Å². The number of phenols is 1. The largest absolute Gasteiger partial charge is 0.508 e. The number of thiazole rings is 1. The number of rotatable bonds is 4. The first-order chi connectivity index (χ1) is 9.29. The number of sulfonamides is 1. The fourth-order valence-electron chi connectivity index (χ4n) is 1.75. The minimum absolute atomic E-state index is 0.0885. The van der Waals surface area contributed by atoms with Gasteiger partial charge in [0.05, 0.1) is 5.69 Å². The predicted octanol–water partition coefficient (Wildman–Crippen LogP) is 2.85. The molecule has 0 saturated heterocycles. The summed E-state index contributed by atoms with van der Waals surface area (Å²) in [5, 5.41) is 9.42. The van der Waals surface area contributed by atoms with Crippen LogP contribution in [0.1, 0.15) is 24.2 Å². The molecule has 0 amide bonds. The van der Waals surface area contributed by atoms with Crippen molar-refractivity contribution >= 4 is 33.0 Å². The van der Waals surface area contributed by atoms with E-state index in [9.17, 15) is 13.5 Å². The molecule has 2 N–H and O–H groups in total. The summed E-state index contributed by atoms with van der Waals surface area (Å²) in [6, 6.07) is 5.95. The molecule has 2 aromatic rings. The van der Waals surface area contributed by atoms with Crippen LogP contribution in [0.4, 0.5) is 0 Å². The molecule has 20 heavy (non-hydrogen) atoms. The summed E-state index contributed by atoms with van der Waals surface area (Å²) >= 11 is 6.64. The molecule has 0 bridgehead atoms. The highest BCUT2D eigenvalue weighted by Gasteiger charge is 2.24. The Kier molecular flexibility index (Phi) is 4.33. The van der Waals surface area contributed by atoms with Gasteiger partial charge in [-0.25, -0.2) is 18.1 Å². The molecular weight excluding hydrogens is 320 g/mol. The molecule has 0 radical (unpaired) electrons. The van der Waals surface area contributed by atoms with Gasteiger partial charge in [0.2, 0.25) is 0 Å². The van der Waals surface area contributed by atoms with Crippen LogP contribution < -0.4 is 4.72 Å². The van der Waals surface area contributed by atoms with Gasteiger partial charge in [0.15, 0.2) is 8.68 Å². The Balaban J connectivity index is 2.27. The summed E-state index contributed by atoms with van der Waals surface area (Å²) in [7, 11) is -3.69. The Morgan fingerprint density at radius 1 is 1.45 bits per heavy atom. The lowest BCUT2D eigenvalue weighted by Gasteiger charge is -2.14. The molecule has 5 nitrogen and oxygen atoms in total. The molecule has 1 unspecified atom stereocenters. The standard InChI is InChI=1S/C12H13ClN2O3S2/c1-7(9-4-3-5-10(16)6-9)15-20(17,18)11-8(2)14-12(13)19-11/h3-7,15-16H,1-2H3. The highest BCUT2D eigenvalue weighted by molar-refractivity contribution is 7.91. The van der Waals surface area contributed by atoms with Crippen LogP contribution in [0.2, 0.25) is 4.47 Å². The number of phenolic OH excluding ortho intramolecular Hbond substituents is 1. The summed E-state index contributed by atoms with van der Waals surface area (Å²) in [6.07, 6.45) is 0. The van der Waals surface area contributed by atoms with Crippen LogP contribution in [0.5, 0.6) is 5.75 Å². The summed E-state index contributed by atoms with van der Waals surface area (Å²) in [5.74, 6) is 0.0885. The van der Waals surface area contributed by atoms with E-state index in [0.29, 0.717) is 11.3 Å². The van der Waals surface area contributed by atoms with Gasteiger partial charge < -0.3 is 5.11 Å². The molecule has 2 rings (SSSR count). The van der Waals surface area contributed by atoms with Crippen molar-refractivity contribution in [3.8, 4) is 5.75 Å². The molecule has 0 aliphatic heterocycles. The van der Waals surface area contributed by atoms with Gasteiger partial charge in [0.25, 0.3) is 10.0 Å². The van der Waals surface area contributed by atoms with Crippen molar-refractivity contribution in [1.82, 2.24) is 9.71 Å².